The number of hydrogen-bond donors (Lipinski definition) is 1. The smallest absolute Gasteiger partial charge is 0.329 e. The lowest BCUT2D eigenvalue weighted by Crippen LogP contribution is -2.39. The van der Waals surface area contributed by atoms with E-state index in [1.807, 2.05) is 27.7 Å². The zero-order chi connectivity index (χ0) is 29.0. The van der Waals surface area contributed by atoms with Crippen molar-refractivity contribution < 1.29 is 22.8 Å². The van der Waals surface area contributed by atoms with Gasteiger partial charge in [0, 0.05) is 23.6 Å². The molecule has 1 heterocycles. The van der Waals surface area contributed by atoms with Crippen molar-refractivity contribution in [2.24, 2.45) is 0 Å². The van der Waals surface area contributed by atoms with Crippen LogP contribution in [-0.2, 0) is 16.4 Å². The molecule has 0 aliphatic carbocycles. The molecule has 39 heavy (non-hydrogen) atoms. The Labute approximate surface area is 236 Å². The Hall–Kier alpha value is -3.04. The number of benzene rings is 2. The highest BCUT2D eigenvalue weighted by Gasteiger charge is 2.31. The van der Waals surface area contributed by atoms with Crippen LogP contribution in [0, 0.1) is 0 Å². The number of carbonyl (C=O) groups is 2. The summed E-state index contributed by atoms with van der Waals surface area (Å²) in [6.07, 6.45) is -2.32. The molecule has 0 aliphatic rings. The molecule has 6 nitrogen and oxygen atoms in total. The number of carbonyl (C=O) groups excluding carboxylic acids is 2. The number of hydrogen-bond acceptors (Lipinski definition) is 3. The van der Waals surface area contributed by atoms with Gasteiger partial charge in [-0.05, 0) is 42.8 Å². The first-order chi connectivity index (χ1) is 18.2. The molecule has 11 heteroatoms. The van der Waals surface area contributed by atoms with Gasteiger partial charge in [0.05, 0.1) is 27.0 Å². The molecule has 0 radical (unpaired) electrons. The standard InChI is InChI=1S/C28H31Cl2F3N4O2/c1-5-6-7-13-36(26(39)18-9-8-10-19(14-18)28(31,32)33)17-25(38)34-24-16-23(27(2,3)4)35-37(24)20-11-12-21(29)22(30)15-20/h8-12,14-16H,5-7,13,17H2,1-4H3,(H,34,38). The van der Waals surface area contributed by atoms with Crippen LogP contribution in [0.1, 0.15) is 68.6 Å². The van der Waals surface area contributed by atoms with Crippen molar-refractivity contribution in [1.29, 1.82) is 0 Å². The van der Waals surface area contributed by atoms with Gasteiger partial charge in [-0.25, -0.2) is 4.68 Å². The molecule has 2 amide bonds. The highest BCUT2D eigenvalue weighted by molar-refractivity contribution is 6.42. The van der Waals surface area contributed by atoms with Gasteiger partial charge in [0.25, 0.3) is 5.91 Å². The molecular weight excluding hydrogens is 552 g/mol. The molecule has 0 bridgehead atoms. The minimum atomic E-state index is -4.59. The lowest BCUT2D eigenvalue weighted by molar-refractivity contribution is -0.137. The lowest BCUT2D eigenvalue weighted by atomic mass is 9.92. The number of anilines is 1. The van der Waals surface area contributed by atoms with Gasteiger partial charge in [0.1, 0.15) is 12.4 Å². The molecule has 0 aliphatic heterocycles. The molecule has 1 N–H and O–H groups in total. The third-order valence-electron chi connectivity index (χ3n) is 5.98. The summed E-state index contributed by atoms with van der Waals surface area (Å²) in [6.45, 7) is 7.78. The van der Waals surface area contributed by atoms with Crippen LogP contribution in [0.4, 0.5) is 19.0 Å². The molecule has 0 atom stereocenters. The Morgan fingerprint density at radius 2 is 1.72 bits per heavy atom. The molecule has 210 valence electrons. The van der Waals surface area contributed by atoms with E-state index in [0.717, 1.165) is 25.0 Å². The second-order valence-corrected chi connectivity index (χ2v) is 11.0. The summed E-state index contributed by atoms with van der Waals surface area (Å²) >= 11 is 12.3. The maximum atomic E-state index is 13.2. The van der Waals surface area contributed by atoms with Gasteiger partial charge in [-0.2, -0.15) is 18.3 Å². The van der Waals surface area contributed by atoms with Crippen molar-refractivity contribution in [3.8, 4) is 5.69 Å². The normalized spacial score (nSPS) is 11.9. The van der Waals surface area contributed by atoms with Crippen molar-refractivity contribution in [1.82, 2.24) is 14.7 Å². The number of halogens is 5. The van der Waals surface area contributed by atoms with Crippen molar-refractivity contribution in [2.75, 3.05) is 18.4 Å². The van der Waals surface area contributed by atoms with Crippen LogP contribution in [0.25, 0.3) is 5.69 Å². The summed E-state index contributed by atoms with van der Waals surface area (Å²) in [5.41, 5.74) is -0.137. The predicted molar refractivity (Wildman–Crippen MR) is 148 cm³/mol. The van der Waals surface area contributed by atoms with E-state index in [4.69, 9.17) is 23.2 Å². The van der Waals surface area contributed by atoms with Gasteiger partial charge in [0.15, 0.2) is 0 Å². The summed E-state index contributed by atoms with van der Waals surface area (Å²) in [6, 6.07) is 10.9. The third kappa shape index (κ3) is 7.99. The fourth-order valence-corrected chi connectivity index (χ4v) is 4.11. The number of unbranched alkanes of at least 4 members (excludes halogenated alkanes) is 2. The number of nitrogens with one attached hydrogen (secondary N) is 1. The van der Waals surface area contributed by atoms with Gasteiger partial charge < -0.3 is 10.2 Å². The number of rotatable bonds is 9. The van der Waals surface area contributed by atoms with Crippen LogP contribution >= 0.6 is 23.2 Å². The molecule has 0 unspecified atom stereocenters. The minimum absolute atomic E-state index is 0.134. The van der Waals surface area contributed by atoms with Crippen molar-refractivity contribution >= 4 is 40.8 Å². The first-order valence-corrected chi connectivity index (χ1v) is 13.3. The first kappa shape index (κ1) is 30.5. The topological polar surface area (TPSA) is 67.2 Å². The molecule has 0 fully saturated rings. The van der Waals surface area contributed by atoms with Crippen LogP contribution in [-0.4, -0.2) is 39.6 Å². The lowest BCUT2D eigenvalue weighted by Gasteiger charge is -2.23. The van der Waals surface area contributed by atoms with Gasteiger partial charge in [0.2, 0.25) is 5.91 Å². The van der Waals surface area contributed by atoms with Crippen LogP contribution in [0.3, 0.4) is 0 Å². The summed E-state index contributed by atoms with van der Waals surface area (Å²) < 4.78 is 41.2. The predicted octanol–water partition coefficient (Wildman–Crippen LogP) is 7.77. The second kappa shape index (κ2) is 12.4. The fraction of sp³-hybridized carbons (Fsp3) is 0.393. The zero-order valence-electron chi connectivity index (χ0n) is 22.2. The molecule has 1 aromatic heterocycles. The Kier molecular flexibility index (Phi) is 9.72. The van der Waals surface area contributed by atoms with Gasteiger partial charge in [-0.1, -0.05) is 69.8 Å². The molecule has 2 aromatic carbocycles. The maximum absolute atomic E-state index is 13.2. The summed E-state index contributed by atoms with van der Waals surface area (Å²) in [5, 5.41) is 8.13. The SMILES string of the molecule is CCCCCN(CC(=O)Nc1cc(C(C)(C)C)nn1-c1ccc(Cl)c(Cl)c1)C(=O)c1cccc(C(F)(F)F)c1. The average molecular weight is 583 g/mol. The van der Waals surface area contributed by atoms with Crippen molar-refractivity contribution in [3.05, 3.63) is 75.4 Å². The number of amides is 2. The Morgan fingerprint density at radius 3 is 2.33 bits per heavy atom. The number of nitrogens with zero attached hydrogens (tertiary/aromatic N) is 3. The quantitative estimate of drug-likeness (QED) is 0.262. The van der Waals surface area contributed by atoms with E-state index >= 15 is 0 Å². The highest BCUT2D eigenvalue weighted by atomic mass is 35.5. The van der Waals surface area contributed by atoms with Crippen LogP contribution in [0.5, 0.6) is 0 Å². The first-order valence-electron chi connectivity index (χ1n) is 12.5. The zero-order valence-corrected chi connectivity index (χ0v) is 23.7. The van der Waals surface area contributed by atoms with E-state index in [1.54, 1.807) is 24.3 Å². The molecular formula is C28H31Cl2F3N4O2. The van der Waals surface area contributed by atoms with Crippen LogP contribution in [0.2, 0.25) is 10.0 Å². The van der Waals surface area contributed by atoms with Gasteiger partial charge in [-0.15, -0.1) is 0 Å². The summed E-state index contributed by atoms with van der Waals surface area (Å²) in [7, 11) is 0. The largest absolute Gasteiger partial charge is 0.416 e. The monoisotopic (exact) mass is 582 g/mol. The maximum Gasteiger partial charge on any atom is 0.416 e. The number of aromatic nitrogens is 2. The minimum Gasteiger partial charge on any atom is -0.329 e. The van der Waals surface area contributed by atoms with Crippen molar-refractivity contribution in [2.45, 2.75) is 58.5 Å². The average Bonchev–Trinajstić information content (AvgIpc) is 3.28. The molecule has 0 saturated heterocycles. The van der Waals surface area contributed by atoms with E-state index < -0.39 is 23.6 Å². The molecule has 0 saturated carbocycles. The Bertz CT molecular complexity index is 1330. The summed E-state index contributed by atoms with van der Waals surface area (Å²) in [5.74, 6) is -0.822. The molecule has 3 aromatic rings. The van der Waals surface area contributed by atoms with Crippen LogP contribution < -0.4 is 5.32 Å². The van der Waals surface area contributed by atoms with Crippen LogP contribution in [0.15, 0.2) is 48.5 Å². The van der Waals surface area contributed by atoms with Gasteiger partial charge >= 0.3 is 6.18 Å². The van der Waals surface area contributed by atoms with E-state index in [2.05, 4.69) is 10.4 Å². The van der Waals surface area contributed by atoms with Crippen molar-refractivity contribution in [3.63, 3.8) is 0 Å². The Balaban J connectivity index is 1.89. The number of alkyl halides is 3. The van der Waals surface area contributed by atoms with Gasteiger partial charge in [-0.3, -0.25) is 9.59 Å². The van der Waals surface area contributed by atoms with E-state index in [-0.39, 0.29) is 24.1 Å². The summed E-state index contributed by atoms with van der Waals surface area (Å²) in [4.78, 5) is 27.7. The Morgan fingerprint density at radius 1 is 1.00 bits per heavy atom. The van der Waals surface area contributed by atoms with E-state index in [1.165, 1.54) is 21.7 Å². The molecule has 0 spiro atoms. The fourth-order valence-electron chi connectivity index (χ4n) is 3.82. The van der Waals surface area contributed by atoms with E-state index in [0.29, 0.717) is 33.7 Å². The molecule has 3 rings (SSSR count). The van der Waals surface area contributed by atoms with E-state index in [9.17, 15) is 22.8 Å². The third-order valence-corrected chi connectivity index (χ3v) is 6.72. The second-order valence-electron chi connectivity index (χ2n) is 10.2. The highest BCUT2D eigenvalue weighted by Crippen LogP contribution is 2.31.